The quantitative estimate of drug-likeness (QED) is 0.206. The maximum absolute atomic E-state index is 16.0. The van der Waals surface area contributed by atoms with Crippen LogP contribution < -0.4 is 25.8 Å². The molecule has 0 fully saturated rings. The first-order valence-electron chi connectivity index (χ1n) is 11.1. The molecule has 1 unspecified atom stereocenters. The number of rotatable bonds is 11. The van der Waals surface area contributed by atoms with Crippen LogP contribution >= 0.6 is 0 Å². The summed E-state index contributed by atoms with van der Waals surface area (Å²) in [7, 11) is 3.10. The van der Waals surface area contributed by atoms with Gasteiger partial charge in [-0.15, -0.1) is 0 Å². The first-order valence-corrected chi connectivity index (χ1v) is 11.1. The fourth-order valence-electron chi connectivity index (χ4n) is 3.37. The highest BCUT2D eigenvalue weighted by Gasteiger charge is 2.26. The van der Waals surface area contributed by atoms with Crippen LogP contribution in [0.5, 0.6) is 11.9 Å². The van der Waals surface area contributed by atoms with Crippen molar-refractivity contribution in [3.05, 3.63) is 29.3 Å². The molecule has 0 bridgehead atoms. The molecule has 8 nitrogen and oxygen atoms in total. The van der Waals surface area contributed by atoms with Gasteiger partial charge in [0.2, 0.25) is 12.3 Å². The van der Waals surface area contributed by atoms with E-state index in [4.69, 9.17) is 15.2 Å². The largest absolute Gasteiger partial charge is 0.474 e. The Bertz CT molecular complexity index is 1190. The van der Waals surface area contributed by atoms with Gasteiger partial charge in [-0.3, -0.25) is 0 Å². The second-order valence-electron chi connectivity index (χ2n) is 7.86. The van der Waals surface area contributed by atoms with E-state index in [1.807, 2.05) is 6.92 Å². The maximum atomic E-state index is 16.0. The molecule has 0 aliphatic heterocycles. The number of methoxy groups -OCH3 is 1. The highest BCUT2D eigenvalue weighted by atomic mass is 19.3. The third-order valence-electron chi connectivity index (χ3n) is 5.32. The van der Waals surface area contributed by atoms with Crippen molar-refractivity contribution in [3.8, 4) is 23.1 Å². The van der Waals surface area contributed by atoms with E-state index in [0.29, 0.717) is 19.5 Å². The monoisotopic (exact) mass is 496 g/mol. The van der Waals surface area contributed by atoms with Crippen molar-refractivity contribution in [1.82, 2.24) is 20.3 Å². The third-order valence-corrected chi connectivity index (χ3v) is 5.32. The Morgan fingerprint density at radius 3 is 2.49 bits per heavy atom. The van der Waals surface area contributed by atoms with Gasteiger partial charge in [-0.2, -0.15) is 9.97 Å². The van der Waals surface area contributed by atoms with Crippen molar-refractivity contribution in [2.45, 2.75) is 39.2 Å². The van der Waals surface area contributed by atoms with Gasteiger partial charge in [-0.1, -0.05) is 6.92 Å². The maximum Gasteiger partial charge on any atom is 0.318 e. The number of hydrogen-bond donors (Lipinski definition) is 3. The average molecular weight is 497 g/mol. The highest BCUT2D eigenvalue weighted by molar-refractivity contribution is 5.96. The number of benzene rings is 1. The minimum absolute atomic E-state index is 0.00810. The van der Waals surface area contributed by atoms with Gasteiger partial charge in [0.15, 0.2) is 5.82 Å². The van der Waals surface area contributed by atoms with Crippen LogP contribution in [0.1, 0.15) is 25.8 Å². The second kappa shape index (κ2) is 11.3. The topological polar surface area (TPSA) is 107 Å². The van der Waals surface area contributed by atoms with E-state index in [1.165, 1.54) is 7.11 Å². The first kappa shape index (κ1) is 26.2. The predicted octanol–water partition coefficient (Wildman–Crippen LogP) is 4.18. The molecule has 0 aliphatic carbocycles. The summed E-state index contributed by atoms with van der Waals surface area (Å²) in [5, 5.41) is 6.23. The number of anilines is 2. The number of nitrogens with one attached hydrogen (secondary N) is 2. The summed E-state index contributed by atoms with van der Waals surface area (Å²) in [6.45, 7) is 4.71. The smallest absolute Gasteiger partial charge is 0.318 e. The van der Waals surface area contributed by atoms with Crippen LogP contribution in [0.4, 0.5) is 29.1 Å². The summed E-state index contributed by atoms with van der Waals surface area (Å²) < 4.78 is 67.7. The second-order valence-corrected chi connectivity index (χ2v) is 7.86. The van der Waals surface area contributed by atoms with Crippen LogP contribution in [0, 0.1) is 11.6 Å². The molecule has 0 spiro atoms. The molecule has 2 heterocycles. The summed E-state index contributed by atoms with van der Waals surface area (Å²) in [6, 6.07) is 1.83. The number of aromatic nitrogens is 3. The number of alkyl halides is 2. The molecule has 2 aromatic heterocycles. The Morgan fingerprint density at radius 2 is 1.86 bits per heavy atom. The molecule has 1 aromatic carbocycles. The lowest BCUT2D eigenvalue weighted by Gasteiger charge is -2.19. The van der Waals surface area contributed by atoms with Gasteiger partial charge in [0.1, 0.15) is 28.2 Å². The summed E-state index contributed by atoms with van der Waals surface area (Å²) in [5.41, 5.74) is 4.58. The molecule has 0 radical (unpaired) electrons. The van der Waals surface area contributed by atoms with Crippen molar-refractivity contribution in [2.75, 3.05) is 38.3 Å². The SMILES string of the molecule is CCC(C)Oc1nc(-c2cc(N)c(F)cc2CC(F)F)c(F)c2nc(OC)nc(NCCNC)c12. The molecule has 4 N–H and O–H groups in total. The Kier molecular flexibility index (Phi) is 8.49. The Hall–Kier alpha value is -3.41. The van der Waals surface area contributed by atoms with E-state index in [1.54, 1.807) is 14.0 Å². The van der Waals surface area contributed by atoms with Crippen LogP contribution in [0.2, 0.25) is 0 Å². The van der Waals surface area contributed by atoms with Gasteiger partial charge in [0, 0.05) is 25.1 Å². The molecule has 190 valence electrons. The van der Waals surface area contributed by atoms with Gasteiger partial charge in [0.25, 0.3) is 0 Å². The number of likely N-dealkylation sites (N-methyl/N-ethyl adjacent to an activating group) is 1. The Morgan fingerprint density at radius 1 is 1.11 bits per heavy atom. The zero-order valence-electron chi connectivity index (χ0n) is 19.9. The lowest BCUT2D eigenvalue weighted by Crippen LogP contribution is -2.19. The molecule has 35 heavy (non-hydrogen) atoms. The lowest BCUT2D eigenvalue weighted by atomic mass is 9.99. The highest BCUT2D eigenvalue weighted by Crippen LogP contribution is 2.39. The third kappa shape index (κ3) is 5.81. The zero-order valence-corrected chi connectivity index (χ0v) is 19.9. The van der Waals surface area contributed by atoms with Crippen LogP contribution in [0.15, 0.2) is 12.1 Å². The number of nitrogens with two attached hydrogens (primary N) is 1. The molecule has 3 aromatic rings. The molecule has 0 aliphatic rings. The van der Waals surface area contributed by atoms with Crippen molar-refractivity contribution < 1.29 is 27.0 Å². The molecule has 0 saturated carbocycles. The van der Waals surface area contributed by atoms with E-state index in [-0.39, 0.29) is 57.2 Å². The summed E-state index contributed by atoms with van der Waals surface area (Å²) in [4.78, 5) is 12.8. The van der Waals surface area contributed by atoms with Crippen LogP contribution in [-0.2, 0) is 6.42 Å². The van der Waals surface area contributed by atoms with Crippen molar-refractivity contribution >= 4 is 22.4 Å². The van der Waals surface area contributed by atoms with Gasteiger partial charge < -0.3 is 25.8 Å². The van der Waals surface area contributed by atoms with Crippen molar-refractivity contribution in [3.63, 3.8) is 0 Å². The first-order chi connectivity index (χ1) is 16.7. The predicted molar refractivity (Wildman–Crippen MR) is 126 cm³/mol. The van der Waals surface area contributed by atoms with E-state index in [0.717, 1.165) is 12.1 Å². The summed E-state index contributed by atoms with van der Waals surface area (Å²) in [5.74, 6) is -1.60. The average Bonchev–Trinajstić information content (AvgIpc) is 2.82. The van der Waals surface area contributed by atoms with Gasteiger partial charge >= 0.3 is 6.01 Å². The molecule has 0 saturated heterocycles. The summed E-state index contributed by atoms with van der Waals surface area (Å²) in [6.07, 6.45) is -3.34. The van der Waals surface area contributed by atoms with Crippen LogP contribution in [0.3, 0.4) is 0 Å². The molecule has 3 rings (SSSR count). The number of ether oxygens (including phenoxy) is 2. The van der Waals surface area contributed by atoms with Crippen molar-refractivity contribution in [2.24, 2.45) is 0 Å². The minimum atomic E-state index is -2.80. The zero-order chi connectivity index (χ0) is 25.7. The van der Waals surface area contributed by atoms with Gasteiger partial charge in [-0.25, -0.2) is 22.5 Å². The normalized spacial score (nSPS) is 12.3. The number of nitrogen functional groups attached to an aromatic ring is 1. The van der Waals surface area contributed by atoms with Gasteiger partial charge in [-0.05, 0) is 38.1 Å². The van der Waals surface area contributed by atoms with E-state index >= 15 is 4.39 Å². The fourth-order valence-corrected chi connectivity index (χ4v) is 3.37. The number of pyridine rings is 1. The molecule has 1 atom stereocenters. The standard InChI is InChI=1S/C23H28F4N6O2/c1-5-11(2)35-22-17-20(32-23(34-4)33-21(17)30-7-6-29-3)18(27)19(31-22)13-10-15(28)14(24)8-12(13)9-16(25)26/h8,10-11,16,29H,5-7,9,28H2,1-4H3,(H,30,32,33). The number of nitrogens with zero attached hydrogens (tertiary/aromatic N) is 3. The van der Waals surface area contributed by atoms with Gasteiger partial charge in [0.05, 0.1) is 18.9 Å². The molecular weight excluding hydrogens is 468 g/mol. The fraction of sp³-hybridized carbons (Fsp3) is 0.435. The molecule has 0 amide bonds. The van der Waals surface area contributed by atoms with E-state index in [9.17, 15) is 13.2 Å². The number of fused-ring (bicyclic) bond motifs is 1. The number of hydrogen-bond acceptors (Lipinski definition) is 8. The van der Waals surface area contributed by atoms with Crippen LogP contribution in [-0.4, -0.2) is 54.7 Å². The van der Waals surface area contributed by atoms with E-state index in [2.05, 4.69) is 25.6 Å². The lowest BCUT2D eigenvalue weighted by molar-refractivity contribution is 0.149. The molecular formula is C23H28F4N6O2. The van der Waals surface area contributed by atoms with Crippen molar-refractivity contribution in [1.29, 1.82) is 0 Å². The van der Waals surface area contributed by atoms with E-state index < -0.39 is 24.5 Å². The Balaban J connectivity index is 2.36. The summed E-state index contributed by atoms with van der Waals surface area (Å²) >= 11 is 0. The minimum Gasteiger partial charge on any atom is -0.474 e. The Labute approximate surface area is 200 Å². The molecule has 12 heteroatoms. The van der Waals surface area contributed by atoms with Crippen LogP contribution in [0.25, 0.3) is 22.2 Å². The number of halogens is 4.